The molecule has 2 rings (SSSR count). The number of nitrogens with one attached hydrogen (secondary N) is 1. The van der Waals surface area contributed by atoms with Crippen molar-refractivity contribution in [3.8, 4) is 5.75 Å². The molecule has 0 unspecified atom stereocenters. The zero-order valence-electron chi connectivity index (χ0n) is 10.00. The summed E-state index contributed by atoms with van der Waals surface area (Å²) in [5.74, 6) is 0.687. The predicted molar refractivity (Wildman–Crippen MR) is 87.3 cm³/mol. The molecule has 0 spiro atoms. The van der Waals surface area contributed by atoms with Crippen LogP contribution >= 0.6 is 43.5 Å². The van der Waals surface area contributed by atoms with Crippen LogP contribution in [0.25, 0.3) is 0 Å². The molecular weight excluding hydrogens is 393 g/mol. The molecule has 100 valence electrons. The van der Waals surface area contributed by atoms with Gasteiger partial charge < -0.3 is 10.1 Å². The molecule has 1 N–H and O–H groups in total. The summed E-state index contributed by atoms with van der Waals surface area (Å²) in [6.45, 7) is 1.25. The van der Waals surface area contributed by atoms with Gasteiger partial charge in [-0.2, -0.15) is 0 Å². The topological polar surface area (TPSA) is 21.3 Å². The average Bonchev–Trinajstić information content (AvgIpc) is 2.39. The molecule has 2 nitrogen and oxygen atoms in total. The fourth-order valence-electron chi connectivity index (χ4n) is 1.54. The lowest BCUT2D eigenvalue weighted by atomic mass is 10.3. The quantitative estimate of drug-likeness (QED) is 0.677. The van der Waals surface area contributed by atoms with Crippen LogP contribution in [0, 0.1) is 0 Å². The van der Waals surface area contributed by atoms with Crippen molar-refractivity contribution in [1.82, 2.24) is 0 Å². The van der Waals surface area contributed by atoms with Crippen molar-refractivity contribution in [2.24, 2.45) is 0 Å². The Morgan fingerprint density at radius 3 is 2.63 bits per heavy atom. The highest BCUT2D eigenvalue weighted by Crippen LogP contribution is 2.27. The number of rotatable bonds is 5. The van der Waals surface area contributed by atoms with Crippen molar-refractivity contribution in [3.05, 3.63) is 56.4 Å². The molecule has 19 heavy (non-hydrogen) atoms. The van der Waals surface area contributed by atoms with Gasteiger partial charge in [-0.3, -0.25) is 0 Å². The third kappa shape index (κ3) is 4.71. The molecule has 2 aromatic carbocycles. The molecule has 0 saturated heterocycles. The maximum atomic E-state index is 6.04. The second-order valence-electron chi connectivity index (χ2n) is 3.86. The number of ether oxygens (including phenoxy) is 1. The van der Waals surface area contributed by atoms with Gasteiger partial charge in [0.05, 0.1) is 5.02 Å². The lowest BCUT2D eigenvalue weighted by Gasteiger charge is -2.10. The van der Waals surface area contributed by atoms with Crippen LogP contribution in [-0.4, -0.2) is 13.2 Å². The molecule has 0 heterocycles. The lowest BCUT2D eigenvalue weighted by Crippen LogP contribution is -2.11. The summed E-state index contributed by atoms with van der Waals surface area (Å²) in [4.78, 5) is 0. The van der Waals surface area contributed by atoms with Crippen LogP contribution in [0.4, 0.5) is 5.69 Å². The Morgan fingerprint density at radius 1 is 1.05 bits per heavy atom. The molecule has 0 bridgehead atoms. The second kappa shape index (κ2) is 7.17. The molecule has 0 aliphatic heterocycles. The highest BCUT2D eigenvalue weighted by Gasteiger charge is 2.02. The molecule has 0 atom stereocenters. The summed E-state index contributed by atoms with van der Waals surface area (Å²) in [5, 5.41) is 3.90. The van der Waals surface area contributed by atoms with Crippen molar-refractivity contribution in [3.63, 3.8) is 0 Å². The van der Waals surface area contributed by atoms with Gasteiger partial charge >= 0.3 is 0 Å². The first-order valence-electron chi connectivity index (χ1n) is 5.72. The molecular formula is C14H12Br2ClNO. The zero-order chi connectivity index (χ0) is 13.7. The van der Waals surface area contributed by atoms with E-state index >= 15 is 0 Å². The molecule has 0 aliphatic rings. The van der Waals surface area contributed by atoms with Crippen LogP contribution in [0.5, 0.6) is 5.75 Å². The van der Waals surface area contributed by atoms with Gasteiger partial charge in [-0.15, -0.1) is 0 Å². The number of benzene rings is 2. The Bertz CT molecular complexity index is 563. The van der Waals surface area contributed by atoms with Crippen LogP contribution in [0.3, 0.4) is 0 Å². The predicted octanol–water partition coefficient (Wildman–Crippen LogP) is 5.36. The van der Waals surface area contributed by atoms with Crippen LogP contribution < -0.4 is 10.1 Å². The highest BCUT2D eigenvalue weighted by molar-refractivity contribution is 9.10. The summed E-state index contributed by atoms with van der Waals surface area (Å²) >= 11 is 12.9. The van der Waals surface area contributed by atoms with E-state index in [-0.39, 0.29) is 0 Å². The van der Waals surface area contributed by atoms with Crippen molar-refractivity contribution in [2.75, 3.05) is 18.5 Å². The van der Waals surface area contributed by atoms with Gasteiger partial charge in [-0.25, -0.2) is 0 Å². The summed E-state index contributed by atoms with van der Waals surface area (Å²) in [5.41, 5.74) is 1.05. The molecule has 5 heteroatoms. The molecule has 0 amide bonds. The van der Waals surface area contributed by atoms with Gasteiger partial charge in [0.15, 0.2) is 0 Å². The summed E-state index contributed by atoms with van der Waals surface area (Å²) in [6.07, 6.45) is 0. The van der Waals surface area contributed by atoms with Gasteiger partial charge in [-0.05, 0) is 36.4 Å². The van der Waals surface area contributed by atoms with Crippen molar-refractivity contribution in [2.45, 2.75) is 0 Å². The van der Waals surface area contributed by atoms with Gasteiger partial charge in [0, 0.05) is 21.2 Å². The largest absolute Gasteiger partial charge is 0.490 e. The van der Waals surface area contributed by atoms with Gasteiger partial charge in [-0.1, -0.05) is 49.5 Å². The van der Waals surface area contributed by atoms with E-state index < -0.39 is 0 Å². The minimum absolute atomic E-state index is 0.544. The fourth-order valence-corrected chi connectivity index (χ4v) is 2.45. The second-order valence-corrected chi connectivity index (χ2v) is 6.10. The van der Waals surface area contributed by atoms with E-state index in [1.54, 1.807) is 0 Å². The molecule has 0 fully saturated rings. The maximum Gasteiger partial charge on any atom is 0.139 e. The SMILES string of the molecule is Clc1ccc(Br)cc1OCCNc1cccc(Br)c1. The van der Waals surface area contributed by atoms with E-state index in [2.05, 4.69) is 37.2 Å². The first kappa shape index (κ1) is 14.7. The summed E-state index contributed by atoms with van der Waals surface area (Å²) in [7, 11) is 0. The van der Waals surface area contributed by atoms with Crippen LogP contribution in [0.2, 0.25) is 5.02 Å². The zero-order valence-corrected chi connectivity index (χ0v) is 13.9. The average molecular weight is 406 g/mol. The number of hydrogen-bond acceptors (Lipinski definition) is 2. The highest BCUT2D eigenvalue weighted by atomic mass is 79.9. The number of anilines is 1. The Hall–Kier alpha value is -0.710. The van der Waals surface area contributed by atoms with Gasteiger partial charge in [0.25, 0.3) is 0 Å². The minimum atomic E-state index is 0.544. The lowest BCUT2D eigenvalue weighted by molar-refractivity contribution is 0.333. The van der Waals surface area contributed by atoms with Crippen molar-refractivity contribution >= 4 is 49.1 Å². The summed E-state index contributed by atoms with van der Waals surface area (Å²) < 4.78 is 7.63. The summed E-state index contributed by atoms with van der Waals surface area (Å²) in [6, 6.07) is 13.6. The van der Waals surface area contributed by atoms with E-state index in [1.807, 2.05) is 42.5 Å². The molecule has 0 saturated carbocycles. The number of hydrogen-bond donors (Lipinski definition) is 1. The molecule has 0 radical (unpaired) electrons. The molecule has 2 aromatic rings. The van der Waals surface area contributed by atoms with Crippen molar-refractivity contribution in [1.29, 1.82) is 0 Å². The maximum absolute atomic E-state index is 6.04. The van der Waals surface area contributed by atoms with Crippen LogP contribution in [0.1, 0.15) is 0 Å². The minimum Gasteiger partial charge on any atom is -0.490 e. The van der Waals surface area contributed by atoms with E-state index in [4.69, 9.17) is 16.3 Å². The van der Waals surface area contributed by atoms with Crippen LogP contribution in [-0.2, 0) is 0 Å². The Morgan fingerprint density at radius 2 is 1.84 bits per heavy atom. The van der Waals surface area contributed by atoms with E-state index in [9.17, 15) is 0 Å². The third-order valence-corrected chi connectivity index (χ3v) is 3.71. The van der Waals surface area contributed by atoms with E-state index in [1.165, 1.54) is 0 Å². The van der Waals surface area contributed by atoms with Gasteiger partial charge in [0.2, 0.25) is 0 Å². The Kier molecular flexibility index (Phi) is 5.55. The van der Waals surface area contributed by atoms with E-state index in [0.29, 0.717) is 23.9 Å². The monoisotopic (exact) mass is 403 g/mol. The normalized spacial score (nSPS) is 10.3. The molecule has 0 aliphatic carbocycles. The van der Waals surface area contributed by atoms with Gasteiger partial charge in [0.1, 0.15) is 12.4 Å². The molecule has 0 aromatic heterocycles. The third-order valence-electron chi connectivity index (χ3n) is 2.41. The standard InChI is InChI=1S/C14H12Br2ClNO/c15-10-2-1-3-12(8-10)18-6-7-19-14-9-11(16)4-5-13(14)17/h1-5,8-9,18H,6-7H2. The Labute approximate surface area is 134 Å². The van der Waals surface area contributed by atoms with Crippen molar-refractivity contribution < 1.29 is 4.74 Å². The first-order valence-corrected chi connectivity index (χ1v) is 7.69. The number of halogens is 3. The fraction of sp³-hybridized carbons (Fsp3) is 0.143. The van der Waals surface area contributed by atoms with E-state index in [0.717, 1.165) is 14.6 Å². The Balaban J connectivity index is 1.82. The smallest absolute Gasteiger partial charge is 0.139 e. The van der Waals surface area contributed by atoms with Crippen LogP contribution in [0.15, 0.2) is 51.4 Å². The first-order chi connectivity index (χ1) is 9.15.